The second kappa shape index (κ2) is 7.77. The van der Waals surface area contributed by atoms with Crippen molar-refractivity contribution in [1.82, 2.24) is 5.32 Å². The minimum absolute atomic E-state index is 0.140. The van der Waals surface area contributed by atoms with Crippen molar-refractivity contribution in [3.63, 3.8) is 0 Å². The Morgan fingerprint density at radius 3 is 2.74 bits per heavy atom. The summed E-state index contributed by atoms with van der Waals surface area (Å²) in [6.07, 6.45) is 7.85. The lowest BCUT2D eigenvalue weighted by Crippen LogP contribution is -2.25. The van der Waals surface area contributed by atoms with Crippen LogP contribution in [0.15, 0.2) is 54.6 Å². The van der Waals surface area contributed by atoms with Gasteiger partial charge in [-0.3, -0.25) is 0 Å². The fourth-order valence-electron chi connectivity index (χ4n) is 4.12. The lowest BCUT2D eigenvalue weighted by molar-refractivity contribution is 0.132. The Morgan fingerprint density at radius 2 is 1.89 bits per heavy atom. The molecule has 0 unspecified atom stereocenters. The molecule has 0 fully saturated rings. The molecule has 2 aromatic rings. The van der Waals surface area contributed by atoms with Crippen molar-refractivity contribution >= 4 is 0 Å². The van der Waals surface area contributed by atoms with Crippen LogP contribution in [0.4, 0.5) is 0 Å². The third-order valence-corrected chi connectivity index (χ3v) is 5.41. The molecule has 2 aromatic carbocycles. The molecule has 3 heteroatoms. The van der Waals surface area contributed by atoms with Crippen LogP contribution in [0.1, 0.15) is 49.3 Å². The van der Waals surface area contributed by atoms with E-state index in [-0.39, 0.29) is 5.60 Å². The summed E-state index contributed by atoms with van der Waals surface area (Å²) in [5, 5.41) is 3.53. The summed E-state index contributed by atoms with van der Waals surface area (Å²) in [5.41, 5.74) is 3.98. The van der Waals surface area contributed by atoms with E-state index in [4.69, 9.17) is 9.47 Å². The van der Waals surface area contributed by atoms with Gasteiger partial charge in [0.15, 0.2) is 11.5 Å². The molecule has 1 heterocycles. The maximum absolute atomic E-state index is 6.07. The van der Waals surface area contributed by atoms with E-state index in [0.29, 0.717) is 12.5 Å². The van der Waals surface area contributed by atoms with Crippen molar-refractivity contribution in [3.05, 3.63) is 71.3 Å². The first kappa shape index (κ1) is 18.1. The summed E-state index contributed by atoms with van der Waals surface area (Å²) < 4.78 is 12.1. The van der Waals surface area contributed by atoms with Gasteiger partial charge >= 0.3 is 0 Å². The lowest BCUT2D eigenvalue weighted by Gasteiger charge is -2.18. The van der Waals surface area contributed by atoms with Crippen molar-refractivity contribution in [2.75, 3.05) is 13.2 Å². The molecule has 4 rings (SSSR count). The minimum Gasteiger partial charge on any atom is -0.488 e. The highest BCUT2D eigenvalue weighted by atomic mass is 16.5. The molecule has 0 bridgehead atoms. The van der Waals surface area contributed by atoms with Crippen molar-refractivity contribution in [2.24, 2.45) is 0 Å². The van der Waals surface area contributed by atoms with Gasteiger partial charge in [-0.15, -0.1) is 0 Å². The zero-order valence-electron chi connectivity index (χ0n) is 16.3. The first-order valence-corrected chi connectivity index (χ1v) is 10.00. The number of para-hydroxylation sites is 1. The molecule has 1 aliphatic heterocycles. The number of allylic oxidation sites excluding steroid dienone is 2. The smallest absolute Gasteiger partial charge is 0.165 e. The molecule has 27 heavy (non-hydrogen) atoms. The number of ether oxygens (including phenoxy) is 2. The standard InChI is InChI=1S/C24H29NO2/c1-24(2)16-19-11-7-13-22(23(19)27-24)26-15-14-25-17-20-10-5-6-12-21(20)18-8-3-4-9-18/h3-7,10-13,18,25H,8-9,14-17H2,1-2H3. The number of fused-ring (bicyclic) bond motifs is 1. The third kappa shape index (κ3) is 4.19. The highest BCUT2D eigenvalue weighted by Gasteiger charge is 2.32. The Bertz CT molecular complexity index is 817. The fourth-order valence-corrected chi connectivity index (χ4v) is 4.12. The van der Waals surface area contributed by atoms with E-state index in [2.05, 4.69) is 67.7 Å². The molecule has 0 amide bonds. The Labute approximate surface area is 162 Å². The molecular weight excluding hydrogens is 334 g/mol. The normalized spacial score (nSPS) is 17.7. The number of benzene rings is 2. The summed E-state index contributed by atoms with van der Waals surface area (Å²) >= 11 is 0. The summed E-state index contributed by atoms with van der Waals surface area (Å²) in [6.45, 7) is 6.56. The summed E-state index contributed by atoms with van der Waals surface area (Å²) in [4.78, 5) is 0. The van der Waals surface area contributed by atoms with Gasteiger partial charge < -0.3 is 14.8 Å². The van der Waals surface area contributed by atoms with E-state index in [1.165, 1.54) is 16.7 Å². The zero-order valence-corrected chi connectivity index (χ0v) is 16.3. The largest absolute Gasteiger partial charge is 0.488 e. The fraction of sp³-hybridized carbons (Fsp3) is 0.417. The lowest BCUT2D eigenvalue weighted by atomic mass is 9.92. The van der Waals surface area contributed by atoms with Crippen molar-refractivity contribution in [3.8, 4) is 11.5 Å². The van der Waals surface area contributed by atoms with Gasteiger partial charge in [0.2, 0.25) is 0 Å². The first-order valence-electron chi connectivity index (χ1n) is 10.00. The van der Waals surface area contributed by atoms with E-state index >= 15 is 0 Å². The highest BCUT2D eigenvalue weighted by molar-refractivity contribution is 5.50. The van der Waals surface area contributed by atoms with Crippen LogP contribution >= 0.6 is 0 Å². The quantitative estimate of drug-likeness (QED) is 0.554. The first-order chi connectivity index (χ1) is 13.1. The molecule has 2 aliphatic rings. The van der Waals surface area contributed by atoms with Crippen molar-refractivity contribution in [2.45, 2.75) is 51.2 Å². The topological polar surface area (TPSA) is 30.5 Å². The van der Waals surface area contributed by atoms with Gasteiger partial charge in [-0.25, -0.2) is 0 Å². The van der Waals surface area contributed by atoms with E-state index in [1.807, 2.05) is 6.07 Å². The Kier molecular flexibility index (Phi) is 5.22. The van der Waals surface area contributed by atoms with Crippen LogP contribution in [0.25, 0.3) is 0 Å². The van der Waals surface area contributed by atoms with Gasteiger partial charge in [0, 0.05) is 25.1 Å². The van der Waals surface area contributed by atoms with Gasteiger partial charge in [-0.1, -0.05) is 48.6 Å². The average Bonchev–Trinajstić information content (AvgIpc) is 3.28. The summed E-state index contributed by atoms with van der Waals surface area (Å²) in [5.74, 6) is 2.42. The van der Waals surface area contributed by atoms with Crippen LogP contribution in [0, 0.1) is 0 Å². The molecule has 3 nitrogen and oxygen atoms in total. The second-order valence-corrected chi connectivity index (χ2v) is 8.15. The second-order valence-electron chi connectivity index (χ2n) is 8.15. The Hall–Kier alpha value is -2.26. The number of hydrogen-bond donors (Lipinski definition) is 1. The molecule has 1 N–H and O–H groups in total. The number of rotatable bonds is 7. The van der Waals surface area contributed by atoms with Crippen LogP contribution in [-0.2, 0) is 13.0 Å². The Morgan fingerprint density at radius 1 is 1.07 bits per heavy atom. The van der Waals surface area contributed by atoms with Crippen LogP contribution in [0.5, 0.6) is 11.5 Å². The number of nitrogens with one attached hydrogen (secondary N) is 1. The minimum atomic E-state index is -0.140. The Balaban J connectivity index is 1.28. The predicted molar refractivity (Wildman–Crippen MR) is 110 cm³/mol. The summed E-state index contributed by atoms with van der Waals surface area (Å²) in [6, 6.07) is 15.0. The van der Waals surface area contributed by atoms with Crippen LogP contribution in [-0.4, -0.2) is 18.8 Å². The van der Waals surface area contributed by atoms with Gasteiger partial charge in [-0.05, 0) is 49.8 Å². The van der Waals surface area contributed by atoms with Gasteiger partial charge in [-0.2, -0.15) is 0 Å². The van der Waals surface area contributed by atoms with Crippen molar-refractivity contribution < 1.29 is 9.47 Å². The highest BCUT2D eigenvalue weighted by Crippen LogP contribution is 2.41. The third-order valence-electron chi connectivity index (χ3n) is 5.41. The van der Waals surface area contributed by atoms with E-state index < -0.39 is 0 Å². The van der Waals surface area contributed by atoms with E-state index in [9.17, 15) is 0 Å². The molecule has 0 saturated heterocycles. The van der Waals surface area contributed by atoms with E-state index in [0.717, 1.165) is 43.9 Å². The molecule has 0 saturated carbocycles. The maximum atomic E-state index is 6.07. The van der Waals surface area contributed by atoms with E-state index in [1.54, 1.807) is 0 Å². The molecular formula is C24H29NO2. The predicted octanol–water partition coefficient (Wildman–Crippen LogP) is 5.00. The van der Waals surface area contributed by atoms with Crippen LogP contribution in [0.2, 0.25) is 0 Å². The molecule has 1 aliphatic carbocycles. The average molecular weight is 364 g/mol. The van der Waals surface area contributed by atoms with Gasteiger partial charge in [0.1, 0.15) is 12.2 Å². The van der Waals surface area contributed by atoms with Gasteiger partial charge in [0.25, 0.3) is 0 Å². The molecule has 0 aromatic heterocycles. The monoisotopic (exact) mass is 363 g/mol. The van der Waals surface area contributed by atoms with Gasteiger partial charge in [0.05, 0.1) is 0 Å². The van der Waals surface area contributed by atoms with Crippen LogP contribution in [0.3, 0.4) is 0 Å². The molecule has 0 spiro atoms. The molecule has 0 atom stereocenters. The van der Waals surface area contributed by atoms with Crippen molar-refractivity contribution in [1.29, 1.82) is 0 Å². The maximum Gasteiger partial charge on any atom is 0.165 e. The molecule has 142 valence electrons. The number of hydrogen-bond acceptors (Lipinski definition) is 3. The SMILES string of the molecule is CC1(C)Cc2cccc(OCCNCc3ccccc3C3CC=CC3)c2O1. The summed E-state index contributed by atoms with van der Waals surface area (Å²) in [7, 11) is 0. The van der Waals surface area contributed by atoms with Crippen LogP contribution < -0.4 is 14.8 Å². The zero-order chi connectivity index (χ0) is 18.7. The molecule has 0 radical (unpaired) electrons.